The maximum Gasteiger partial charge on any atom is 0.254 e. The zero-order valence-corrected chi connectivity index (χ0v) is 15.9. The lowest BCUT2D eigenvalue weighted by Crippen LogP contribution is -2.27. The minimum atomic E-state index is -0.114. The summed E-state index contributed by atoms with van der Waals surface area (Å²) in [7, 11) is 1.76. The molecule has 1 aromatic heterocycles. The van der Waals surface area contributed by atoms with Crippen molar-refractivity contribution in [2.45, 2.75) is 33.4 Å². The Bertz CT molecular complexity index is 977. The number of hydrogen-bond acceptors (Lipinski definition) is 3. The lowest BCUT2D eigenvalue weighted by atomic mass is 10.1. The Hall–Kier alpha value is -3.15. The molecule has 2 aromatic carbocycles. The minimum Gasteiger partial charge on any atom is -0.334 e. The number of benzene rings is 2. The third-order valence-electron chi connectivity index (χ3n) is 4.49. The fourth-order valence-electron chi connectivity index (χ4n) is 3.08. The van der Waals surface area contributed by atoms with E-state index in [9.17, 15) is 9.59 Å². The smallest absolute Gasteiger partial charge is 0.254 e. The van der Waals surface area contributed by atoms with Gasteiger partial charge in [0.15, 0.2) is 0 Å². The number of anilines is 1. The Morgan fingerprint density at radius 1 is 1.11 bits per heavy atom. The van der Waals surface area contributed by atoms with Crippen LogP contribution in [0.3, 0.4) is 0 Å². The Kier molecular flexibility index (Phi) is 5.54. The van der Waals surface area contributed by atoms with Gasteiger partial charge in [0, 0.05) is 31.3 Å². The van der Waals surface area contributed by atoms with E-state index in [1.165, 1.54) is 0 Å². The topological polar surface area (TPSA) is 67.2 Å². The van der Waals surface area contributed by atoms with Gasteiger partial charge in [0.2, 0.25) is 5.91 Å². The van der Waals surface area contributed by atoms with Crippen LogP contribution >= 0.6 is 0 Å². The van der Waals surface area contributed by atoms with E-state index in [0.29, 0.717) is 24.2 Å². The number of rotatable bonds is 6. The largest absolute Gasteiger partial charge is 0.334 e. The van der Waals surface area contributed by atoms with Crippen LogP contribution in [0.5, 0.6) is 0 Å². The van der Waals surface area contributed by atoms with Crippen LogP contribution < -0.4 is 5.32 Å². The summed E-state index contributed by atoms with van der Waals surface area (Å²) in [5.74, 6) is 0.659. The van der Waals surface area contributed by atoms with Gasteiger partial charge in [-0.1, -0.05) is 25.1 Å². The van der Waals surface area contributed by atoms with E-state index < -0.39 is 0 Å². The van der Waals surface area contributed by atoms with Crippen LogP contribution in [-0.4, -0.2) is 33.3 Å². The SMILES string of the molecule is CCC(=O)Nc1cccc(C(=O)N(C)Cc2nc3ccccc3n2CC)c1. The van der Waals surface area contributed by atoms with E-state index in [0.717, 1.165) is 23.4 Å². The monoisotopic (exact) mass is 364 g/mol. The first-order chi connectivity index (χ1) is 13.0. The second kappa shape index (κ2) is 8.03. The molecule has 0 aliphatic heterocycles. The van der Waals surface area contributed by atoms with Crippen molar-refractivity contribution in [1.29, 1.82) is 0 Å². The first kappa shape index (κ1) is 18.6. The van der Waals surface area contributed by atoms with Crippen LogP contribution in [0.4, 0.5) is 5.69 Å². The molecule has 2 amide bonds. The summed E-state index contributed by atoms with van der Waals surface area (Å²) < 4.78 is 2.12. The lowest BCUT2D eigenvalue weighted by Gasteiger charge is -2.18. The summed E-state index contributed by atoms with van der Waals surface area (Å²) in [4.78, 5) is 30.7. The molecular weight excluding hydrogens is 340 g/mol. The second-order valence-corrected chi connectivity index (χ2v) is 6.40. The number of carbonyl (C=O) groups is 2. The molecule has 0 saturated carbocycles. The molecular formula is C21H24N4O2. The van der Waals surface area contributed by atoms with Crippen molar-refractivity contribution in [2.24, 2.45) is 0 Å². The molecule has 0 unspecified atom stereocenters. The van der Waals surface area contributed by atoms with Gasteiger partial charge in [0.25, 0.3) is 5.91 Å². The van der Waals surface area contributed by atoms with Gasteiger partial charge in [-0.3, -0.25) is 9.59 Å². The molecule has 0 radical (unpaired) electrons. The quantitative estimate of drug-likeness (QED) is 0.725. The number of aromatic nitrogens is 2. The normalized spacial score (nSPS) is 10.8. The summed E-state index contributed by atoms with van der Waals surface area (Å²) in [6, 6.07) is 15.0. The van der Waals surface area contributed by atoms with Gasteiger partial charge < -0.3 is 14.8 Å². The minimum absolute atomic E-state index is 0.0791. The molecule has 0 fully saturated rings. The van der Waals surface area contributed by atoms with Crippen molar-refractivity contribution in [2.75, 3.05) is 12.4 Å². The molecule has 140 valence electrons. The molecule has 0 aliphatic carbocycles. The van der Waals surface area contributed by atoms with Gasteiger partial charge >= 0.3 is 0 Å². The van der Waals surface area contributed by atoms with Crippen molar-refractivity contribution >= 4 is 28.5 Å². The highest BCUT2D eigenvalue weighted by molar-refractivity contribution is 5.97. The molecule has 1 heterocycles. The summed E-state index contributed by atoms with van der Waals surface area (Å²) in [5, 5.41) is 2.79. The summed E-state index contributed by atoms with van der Waals surface area (Å²) in [6.45, 7) is 5.06. The molecule has 27 heavy (non-hydrogen) atoms. The number of nitrogens with one attached hydrogen (secondary N) is 1. The fourth-order valence-corrected chi connectivity index (χ4v) is 3.08. The second-order valence-electron chi connectivity index (χ2n) is 6.40. The highest BCUT2D eigenvalue weighted by Crippen LogP contribution is 2.18. The highest BCUT2D eigenvalue weighted by Gasteiger charge is 2.17. The number of para-hydroxylation sites is 2. The number of nitrogens with zero attached hydrogens (tertiary/aromatic N) is 3. The third kappa shape index (κ3) is 4.00. The van der Waals surface area contributed by atoms with Crippen molar-refractivity contribution in [1.82, 2.24) is 14.5 Å². The molecule has 0 bridgehead atoms. The van der Waals surface area contributed by atoms with Crippen molar-refractivity contribution in [3.05, 3.63) is 59.9 Å². The van der Waals surface area contributed by atoms with Crippen LogP contribution in [-0.2, 0) is 17.9 Å². The van der Waals surface area contributed by atoms with Crippen molar-refractivity contribution < 1.29 is 9.59 Å². The Labute approximate surface area is 158 Å². The predicted molar refractivity (Wildman–Crippen MR) is 107 cm³/mol. The van der Waals surface area contributed by atoms with Crippen LogP contribution in [0.15, 0.2) is 48.5 Å². The molecule has 3 rings (SSSR count). The highest BCUT2D eigenvalue weighted by atomic mass is 16.2. The average Bonchev–Trinajstić information content (AvgIpc) is 3.04. The number of amides is 2. The van der Waals surface area contributed by atoms with Gasteiger partial charge in [-0.25, -0.2) is 4.98 Å². The van der Waals surface area contributed by atoms with Crippen LogP contribution in [0.1, 0.15) is 36.5 Å². The lowest BCUT2D eigenvalue weighted by molar-refractivity contribution is -0.115. The van der Waals surface area contributed by atoms with Crippen molar-refractivity contribution in [3.63, 3.8) is 0 Å². The number of fused-ring (bicyclic) bond motifs is 1. The van der Waals surface area contributed by atoms with Crippen molar-refractivity contribution in [3.8, 4) is 0 Å². The summed E-state index contributed by atoms with van der Waals surface area (Å²) in [6.07, 6.45) is 0.394. The number of hydrogen-bond donors (Lipinski definition) is 1. The molecule has 0 spiro atoms. The number of imidazole rings is 1. The molecule has 0 atom stereocenters. The summed E-state index contributed by atoms with van der Waals surface area (Å²) in [5.41, 5.74) is 3.16. The van der Waals surface area contributed by atoms with Gasteiger partial charge in [-0.2, -0.15) is 0 Å². The van der Waals surface area contributed by atoms with E-state index >= 15 is 0 Å². The number of aryl methyl sites for hydroxylation is 1. The Balaban J connectivity index is 1.80. The maximum atomic E-state index is 12.8. The van der Waals surface area contributed by atoms with E-state index in [1.807, 2.05) is 24.3 Å². The van der Waals surface area contributed by atoms with E-state index in [2.05, 4.69) is 21.8 Å². The summed E-state index contributed by atoms with van der Waals surface area (Å²) >= 11 is 0. The molecule has 3 aromatic rings. The molecule has 0 saturated heterocycles. The molecule has 6 nitrogen and oxygen atoms in total. The van der Waals surface area contributed by atoms with Crippen LogP contribution in [0, 0.1) is 0 Å². The third-order valence-corrected chi connectivity index (χ3v) is 4.49. The van der Waals surface area contributed by atoms with Gasteiger partial charge in [0.1, 0.15) is 5.82 Å². The zero-order valence-electron chi connectivity index (χ0n) is 15.9. The van der Waals surface area contributed by atoms with Gasteiger partial charge in [-0.05, 0) is 37.3 Å². The van der Waals surface area contributed by atoms with Crippen LogP contribution in [0.2, 0.25) is 0 Å². The van der Waals surface area contributed by atoms with E-state index in [4.69, 9.17) is 0 Å². The van der Waals surface area contributed by atoms with Gasteiger partial charge in [-0.15, -0.1) is 0 Å². The molecule has 6 heteroatoms. The predicted octanol–water partition coefficient (Wildman–Crippen LogP) is 3.68. The van der Waals surface area contributed by atoms with E-state index in [-0.39, 0.29) is 11.8 Å². The fraction of sp³-hybridized carbons (Fsp3) is 0.286. The average molecular weight is 364 g/mol. The standard InChI is InChI=1S/C21H24N4O2/c1-4-20(26)22-16-10-8-9-15(13-16)21(27)24(3)14-19-23-17-11-6-7-12-18(17)25(19)5-2/h6-13H,4-5,14H2,1-3H3,(H,22,26). The van der Waals surface area contributed by atoms with Gasteiger partial charge in [0.05, 0.1) is 17.6 Å². The number of carbonyl (C=O) groups excluding carboxylic acids is 2. The zero-order chi connectivity index (χ0) is 19.4. The Morgan fingerprint density at radius 2 is 1.89 bits per heavy atom. The maximum absolute atomic E-state index is 12.8. The Morgan fingerprint density at radius 3 is 2.63 bits per heavy atom. The molecule has 1 N–H and O–H groups in total. The first-order valence-corrected chi connectivity index (χ1v) is 9.13. The first-order valence-electron chi connectivity index (χ1n) is 9.13. The molecule has 0 aliphatic rings. The van der Waals surface area contributed by atoms with Crippen LogP contribution in [0.25, 0.3) is 11.0 Å². The van der Waals surface area contributed by atoms with E-state index in [1.54, 1.807) is 43.1 Å².